The van der Waals surface area contributed by atoms with Crippen LogP contribution in [0, 0.1) is 0 Å². The van der Waals surface area contributed by atoms with Gasteiger partial charge in [-0.2, -0.15) is 0 Å². The van der Waals surface area contributed by atoms with Crippen LogP contribution in [0.15, 0.2) is 85.1 Å². The molecule has 1 aliphatic heterocycles. The Balaban J connectivity index is 1.35. The van der Waals surface area contributed by atoms with Gasteiger partial charge >= 0.3 is 0 Å². The van der Waals surface area contributed by atoms with E-state index in [0.717, 1.165) is 33.7 Å². The summed E-state index contributed by atoms with van der Waals surface area (Å²) in [5.74, 6) is 1.67. The molecule has 1 aromatic heterocycles. The van der Waals surface area contributed by atoms with Crippen molar-refractivity contribution < 1.29 is 9.53 Å². The van der Waals surface area contributed by atoms with Gasteiger partial charge in [-0.3, -0.25) is 9.78 Å². The Hall–Kier alpha value is -4.19. The van der Waals surface area contributed by atoms with Crippen LogP contribution in [-0.2, 0) is 4.79 Å². The molecule has 1 saturated heterocycles. The van der Waals surface area contributed by atoms with E-state index in [-0.39, 0.29) is 5.91 Å². The fraction of sp³-hybridized carbons (Fsp3) is 0.179. The third-order valence-corrected chi connectivity index (χ3v) is 6.07. The Kier molecular flexibility index (Phi) is 6.21. The van der Waals surface area contributed by atoms with Gasteiger partial charge in [0.15, 0.2) is 0 Å². The highest BCUT2D eigenvalue weighted by Gasteiger charge is 2.25. The molecule has 0 spiro atoms. The zero-order valence-electron chi connectivity index (χ0n) is 19.1. The van der Waals surface area contributed by atoms with Crippen LogP contribution in [0.4, 0.5) is 5.82 Å². The molecule has 6 nitrogen and oxygen atoms in total. The van der Waals surface area contributed by atoms with Crippen LogP contribution in [0.1, 0.15) is 11.1 Å². The van der Waals surface area contributed by atoms with Crippen molar-refractivity contribution in [2.24, 2.45) is 0 Å². The zero-order chi connectivity index (χ0) is 23.3. The normalized spacial score (nSPS) is 14.3. The number of hydrogen-bond donors (Lipinski definition) is 0. The van der Waals surface area contributed by atoms with Crippen molar-refractivity contribution in [2.75, 3.05) is 38.2 Å². The Morgan fingerprint density at radius 3 is 2.24 bits per heavy atom. The van der Waals surface area contributed by atoms with Crippen LogP contribution < -0.4 is 9.64 Å². The smallest absolute Gasteiger partial charge is 0.254 e. The van der Waals surface area contributed by atoms with Gasteiger partial charge in [-0.05, 0) is 41.5 Å². The number of ether oxygens (including phenoxy) is 1. The highest BCUT2D eigenvalue weighted by Crippen LogP contribution is 2.24. The first-order chi connectivity index (χ1) is 16.7. The average molecular weight is 451 g/mol. The average Bonchev–Trinajstić information content (AvgIpc) is 2.92. The number of para-hydroxylation sites is 2. The van der Waals surface area contributed by atoms with E-state index in [1.807, 2.05) is 96.0 Å². The van der Waals surface area contributed by atoms with Crippen molar-refractivity contribution in [1.82, 2.24) is 14.9 Å². The minimum atomic E-state index is 0.0336. The van der Waals surface area contributed by atoms with Crippen LogP contribution in [0.25, 0.3) is 22.7 Å². The van der Waals surface area contributed by atoms with Crippen LogP contribution in [0.2, 0.25) is 0 Å². The third kappa shape index (κ3) is 4.62. The quantitative estimate of drug-likeness (QED) is 0.330. The number of fused-ring (bicyclic) bond motifs is 1. The molecule has 1 amide bonds. The molecule has 4 aromatic rings. The van der Waals surface area contributed by atoms with Gasteiger partial charge < -0.3 is 14.5 Å². The molecule has 0 N–H and O–H groups in total. The van der Waals surface area contributed by atoms with E-state index in [1.165, 1.54) is 0 Å². The summed E-state index contributed by atoms with van der Waals surface area (Å²) in [7, 11) is 1.65. The number of anilines is 1. The van der Waals surface area contributed by atoms with Crippen molar-refractivity contribution in [3.05, 3.63) is 96.2 Å². The van der Waals surface area contributed by atoms with E-state index in [4.69, 9.17) is 9.72 Å². The van der Waals surface area contributed by atoms with Crippen molar-refractivity contribution in [3.8, 4) is 5.75 Å². The van der Waals surface area contributed by atoms with Gasteiger partial charge in [0.2, 0.25) is 0 Å². The molecule has 0 bridgehead atoms. The van der Waals surface area contributed by atoms with Crippen molar-refractivity contribution in [3.63, 3.8) is 0 Å². The monoisotopic (exact) mass is 450 g/mol. The predicted octanol–water partition coefficient (Wildman–Crippen LogP) is 4.53. The minimum Gasteiger partial charge on any atom is -0.497 e. The van der Waals surface area contributed by atoms with Gasteiger partial charge in [-0.15, -0.1) is 0 Å². The molecule has 0 unspecified atom stereocenters. The number of carbonyl (C=O) groups excluding carboxylic acids is 1. The second kappa shape index (κ2) is 9.75. The highest BCUT2D eigenvalue weighted by molar-refractivity contribution is 6.24. The number of hydrogen-bond acceptors (Lipinski definition) is 5. The van der Waals surface area contributed by atoms with E-state index in [2.05, 4.69) is 9.88 Å². The molecule has 1 fully saturated rings. The second-order valence-electron chi connectivity index (χ2n) is 8.19. The Labute approximate surface area is 199 Å². The number of rotatable bonds is 5. The first-order valence-corrected chi connectivity index (χ1v) is 11.4. The van der Waals surface area contributed by atoms with Gasteiger partial charge in [0.25, 0.3) is 5.91 Å². The Morgan fingerprint density at radius 2 is 1.53 bits per heavy atom. The first-order valence-electron chi connectivity index (χ1n) is 11.4. The predicted molar refractivity (Wildman–Crippen MR) is 136 cm³/mol. The van der Waals surface area contributed by atoms with Crippen LogP contribution >= 0.6 is 0 Å². The second-order valence-corrected chi connectivity index (χ2v) is 8.19. The fourth-order valence-electron chi connectivity index (χ4n) is 4.16. The third-order valence-electron chi connectivity index (χ3n) is 6.07. The molecule has 0 radical (unpaired) electrons. The standard InChI is InChI=1S/C28H26N4O2/c1-34-23-13-11-21(12-14-23)19-24(22-7-3-2-4-8-22)28(33)32-17-15-31(16-18-32)27-20-29-25-9-5-6-10-26(25)30-27/h2-14,19-20H,15-18H2,1H3/b24-19+. The summed E-state index contributed by atoms with van der Waals surface area (Å²) in [4.78, 5) is 27.0. The summed E-state index contributed by atoms with van der Waals surface area (Å²) in [5, 5.41) is 0. The fourth-order valence-corrected chi connectivity index (χ4v) is 4.16. The summed E-state index contributed by atoms with van der Waals surface area (Å²) in [6.07, 6.45) is 3.77. The lowest BCUT2D eigenvalue weighted by Gasteiger charge is -2.35. The SMILES string of the molecule is COc1ccc(/C=C(/C(=O)N2CCN(c3cnc4ccccc4n3)CC2)c2ccccc2)cc1. The van der Waals surface area contributed by atoms with Crippen LogP contribution in [0.3, 0.4) is 0 Å². The molecule has 5 rings (SSSR count). The van der Waals surface area contributed by atoms with Crippen molar-refractivity contribution in [1.29, 1.82) is 0 Å². The highest BCUT2D eigenvalue weighted by atomic mass is 16.5. The van der Waals surface area contributed by atoms with E-state index in [9.17, 15) is 4.79 Å². The van der Waals surface area contributed by atoms with Crippen LogP contribution in [-0.4, -0.2) is 54.1 Å². The number of carbonyl (C=O) groups is 1. The molecule has 0 saturated carbocycles. The molecule has 170 valence electrons. The molecule has 34 heavy (non-hydrogen) atoms. The first kappa shape index (κ1) is 21.6. The van der Waals surface area contributed by atoms with Gasteiger partial charge in [-0.25, -0.2) is 4.98 Å². The van der Waals surface area contributed by atoms with E-state index < -0.39 is 0 Å². The summed E-state index contributed by atoms with van der Waals surface area (Å²) in [5.41, 5.74) is 4.32. The number of methoxy groups -OCH3 is 1. The lowest BCUT2D eigenvalue weighted by atomic mass is 10.0. The van der Waals surface area contributed by atoms with Crippen molar-refractivity contribution >= 4 is 34.4 Å². The van der Waals surface area contributed by atoms with Gasteiger partial charge in [-0.1, -0.05) is 54.6 Å². The molecular formula is C28H26N4O2. The summed E-state index contributed by atoms with van der Waals surface area (Å²) >= 11 is 0. The number of nitrogens with zero attached hydrogens (tertiary/aromatic N) is 4. The molecule has 1 aliphatic rings. The zero-order valence-corrected chi connectivity index (χ0v) is 19.1. The molecular weight excluding hydrogens is 424 g/mol. The lowest BCUT2D eigenvalue weighted by molar-refractivity contribution is -0.125. The Morgan fingerprint density at radius 1 is 0.853 bits per heavy atom. The van der Waals surface area contributed by atoms with Gasteiger partial charge in [0, 0.05) is 31.8 Å². The maximum atomic E-state index is 13.6. The maximum absolute atomic E-state index is 13.6. The number of piperazine rings is 1. The van der Waals surface area contributed by atoms with Gasteiger partial charge in [0.1, 0.15) is 11.6 Å². The van der Waals surface area contributed by atoms with Crippen molar-refractivity contribution in [2.45, 2.75) is 0 Å². The van der Waals surface area contributed by atoms with E-state index in [0.29, 0.717) is 31.8 Å². The van der Waals surface area contributed by atoms with Crippen LogP contribution in [0.5, 0.6) is 5.75 Å². The Bertz CT molecular complexity index is 1310. The van der Waals surface area contributed by atoms with E-state index in [1.54, 1.807) is 7.11 Å². The number of aromatic nitrogens is 2. The summed E-state index contributed by atoms with van der Waals surface area (Å²) in [6.45, 7) is 2.67. The molecule has 0 atom stereocenters. The summed E-state index contributed by atoms with van der Waals surface area (Å²) in [6, 6.07) is 25.4. The molecule has 0 aliphatic carbocycles. The summed E-state index contributed by atoms with van der Waals surface area (Å²) < 4.78 is 5.26. The number of benzene rings is 3. The molecule has 6 heteroatoms. The minimum absolute atomic E-state index is 0.0336. The molecule has 2 heterocycles. The molecule has 3 aromatic carbocycles. The number of amides is 1. The maximum Gasteiger partial charge on any atom is 0.254 e. The largest absolute Gasteiger partial charge is 0.497 e. The lowest BCUT2D eigenvalue weighted by Crippen LogP contribution is -2.49. The van der Waals surface area contributed by atoms with Gasteiger partial charge in [0.05, 0.1) is 24.3 Å². The topological polar surface area (TPSA) is 58.6 Å². The van der Waals surface area contributed by atoms with E-state index >= 15 is 0 Å².